The van der Waals surface area contributed by atoms with Crippen LogP contribution in [0.4, 0.5) is 0 Å². The molecule has 1 aromatic heterocycles. The molecule has 0 radical (unpaired) electrons. The Morgan fingerprint density at radius 1 is 0.931 bits per heavy atom. The van der Waals surface area contributed by atoms with Crippen molar-refractivity contribution in [2.75, 3.05) is 0 Å². The molecule has 0 N–H and O–H groups in total. The van der Waals surface area contributed by atoms with Gasteiger partial charge in [-0.2, -0.15) is 0 Å². The molecule has 1 atom stereocenters. The summed E-state index contributed by atoms with van der Waals surface area (Å²) in [4.78, 5) is 18.9. The third kappa shape index (κ3) is 1.78. The molecular weight excluding hydrogens is 356 g/mol. The molecule has 0 saturated carbocycles. The summed E-state index contributed by atoms with van der Waals surface area (Å²) < 4.78 is 1.89. The van der Waals surface area contributed by atoms with E-state index in [1.165, 1.54) is 22.3 Å². The van der Waals surface area contributed by atoms with Gasteiger partial charge in [0.2, 0.25) is 0 Å². The predicted molar refractivity (Wildman–Crippen MR) is 117 cm³/mol. The predicted octanol–water partition coefficient (Wildman–Crippen LogP) is 4.82. The van der Waals surface area contributed by atoms with Crippen LogP contribution in [0.3, 0.4) is 0 Å². The van der Waals surface area contributed by atoms with Crippen LogP contribution in [0.5, 0.6) is 0 Å². The van der Waals surface area contributed by atoms with Crippen LogP contribution < -0.4 is 11.0 Å². The summed E-state index contributed by atoms with van der Waals surface area (Å²) in [7, 11) is 0. The van der Waals surface area contributed by atoms with Gasteiger partial charge in [-0.25, -0.2) is 0 Å². The maximum atomic E-state index is 13.7. The normalized spacial score (nSPS) is 18.9. The van der Waals surface area contributed by atoms with E-state index in [-0.39, 0.29) is 11.6 Å². The zero-order valence-corrected chi connectivity index (χ0v) is 15.6. The van der Waals surface area contributed by atoms with Crippen molar-refractivity contribution in [2.24, 2.45) is 4.99 Å². The van der Waals surface area contributed by atoms with Gasteiger partial charge in [0.05, 0.1) is 5.70 Å². The van der Waals surface area contributed by atoms with Gasteiger partial charge in [0, 0.05) is 16.2 Å². The second-order valence-electron chi connectivity index (χ2n) is 7.87. The van der Waals surface area contributed by atoms with Gasteiger partial charge in [0.1, 0.15) is 11.5 Å². The van der Waals surface area contributed by atoms with E-state index in [1.54, 1.807) is 0 Å². The topological polar surface area (TPSA) is 34.4 Å². The van der Waals surface area contributed by atoms with Gasteiger partial charge in [-0.15, -0.1) is 0 Å². The van der Waals surface area contributed by atoms with Crippen LogP contribution in [0.15, 0.2) is 94.3 Å². The largest absolute Gasteiger partial charge is 0.268 e. The monoisotopic (exact) mass is 372 g/mol. The lowest BCUT2D eigenvalue weighted by Crippen LogP contribution is -2.31. The first kappa shape index (κ1) is 15.2. The minimum atomic E-state index is -0.131. The second-order valence-corrected chi connectivity index (χ2v) is 7.87. The summed E-state index contributed by atoms with van der Waals surface area (Å²) in [6.45, 7) is 0. The van der Waals surface area contributed by atoms with E-state index in [0.717, 1.165) is 39.2 Å². The Kier molecular flexibility index (Phi) is 2.73. The van der Waals surface area contributed by atoms with Crippen molar-refractivity contribution in [3.8, 4) is 0 Å². The summed E-state index contributed by atoms with van der Waals surface area (Å²) in [5, 5.41) is 3.92. The highest BCUT2D eigenvalue weighted by Gasteiger charge is 2.36. The number of rotatable bonds is 0. The second kappa shape index (κ2) is 5.21. The minimum Gasteiger partial charge on any atom is -0.268 e. The van der Waals surface area contributed by atoms with Crippen molar-refractivity contribution in [3.63, 3.8) is 0 Å². The highest BCUT2D eigenvalue weighted by atomic mass is 16.1. The number of allylic oxidation sites excluding steroid dienone is 5. The molecule has 0 spiro atoms. The molecule has 0 fully saturated rings. The van der Waals surface area contributed by atoms with Crippen LogP contribution in [0.1, 0.15) is 23.6 Å². The van der Waals surface area contributed by atoms with E-state index in [9.17, 15) is 4.79 Å². The van der Waals surface area contributed by atoms with Crippen molar-refractivity contribution < 1.29 is 0 Å². The summed E-state index contributed by atoms with van der Waals surface area (Å²) in [6, 6.07) is 20.5. The van der Waals surface area contributed by atoms with Crippen molar-refractivity contribution >= 4 is 32.8 Å². The Morgan fingerprint density at radius 3 is 2.66 bits per heavy atom. The molecule has 2 aliphatic carbocycles. The van der Waals surface area contributed by atoms with Gasteiger partial charge in [-0.3, -0.25) is 14.4 Å². The number of pyridine rings is 1. The fourth-order valence-electron chi connectivity index (χ4n) is 5.25. The number of hydrogen-bond acceptors (Lipinski definition) is 2. The average molecular weight is 372 g/mol. The molecular formula is C26H16N2O. The van der Waals surface area contributed by atoms with E-state index >= 15 is 0 Å². The highest BCUT2D eigenvalue weighted by molar-refractivity contribution is 6.10. The number of fused-ring (bicyclic) bond motifs is 8. The van der Waals surface area contributed by atoms with Crippen molar-refractivity contribution in [2.45, 2.75) is 12.5 Å². The summed E-state index contributed by atoms with van der Waals surface area (Å²) in [5.41, 5.74) is 6.70. The molecule has 7 rings (SSSR count). The van der Waals surface area contributed by atoms with Crippen molar-refractivity contribution in [1.82, 2.24) is 4.57 Å². The third-order valence-corrected chi connectivity index (χ3v) is 6.44. The molecule has 3 heteroatoms. The van der Waals surface area contributed by atoms with E-state index in [0.29, 0.717) is 0 Å². The first-order valence-corrected chi connectivity index (χ1v) is 9.97. The smallest absolute Gasteiger partial charge is 0.264 e. The lowest BCUT2D eigenvalue weighted by molar-refractivity contribution is 0.888. The molecule has 2 heterocycles. The van der Waals surface area contributed by atoms with Crippen LogP contribution in [0.25, 0.3) is 32.8 Å². The molecule has 1 unspecified atom stereocenters. The molecule has 0 saturated heterocycles. The van der Waals surface area contributed by atoms with Gasteiger partial charge >= 0.3 is 0 Å². The quantitative estimate of drug-likeness (QED) is 0.436. The standard InChI is InChI=1S/C26H16N2O/c29-26-21-14-6-8-15-7-5-13-20(22(15)21)25-27-23-18-11-3-1-9-16(18)17-10-2-4-12-19(17)24(23)28(25)26/h1-11,13-14,23H,12H2. The molecule has 3 aliphatic rings. The first-order valence-electron chi connectivity index (χ1n) is 9.97. The molecule has 136 valence electrons. The molecule has 0 bridgehead atoms. The van der Waals surface area contributed by atoms with Gasteiger partial charge in [0.15, 0.2) is 0 Å². The number of benzene rings is 3. The van der Waals surface area contributed by atoms with Gasteiger partial charge in [0.25, 0.3) is 5.56 Å². The maximum absolute atomic E-state index is 13.7. The van der Waals surface area contributed by atoms with Crippen LogP contribution in [0.2, 0.25) is 0 Å². The van der Waals surface area contributed by atoms with E-state index in [2.05, 4.69) is 66.8 Å². The maximum Gasteiger partial charge on any atom is 0.264 e. The molecule has 1 aliphatic heterocycles. The van der Waals surface area contributed by atoms with Gasteiger partial charge < -0.3 is 0 Å². The third-order valence-electron chi connectivity index (χ3n) is 6.44. The summed E-state index contributed by atoms with van der Waals surface area (Å²) >= 11 is 0. The number of aromatic nitrogens is 1. The molecule has 0 amide bonds. The first-order chi connectivity index (χ1) is 14.3. The Balaban J connectivity index is 1.72. The number of hydrogen-bond donors (Lipinski definition) is 0. The van der Waals surface area contributed by atoms with Gasteiger partial charge in [-0.05, 0) is 40.1 Å². The Labute approximate surface area is 166 Å². The molecule has 3 nitrogen and oxygen atoms in total. The van der Waals surface area contributed by atoms with E-state index in [1.807, 2.05) is 16.7 Å². The zero-order chi connectivity index (χ0) is 19.1. The minimum absolute atomic E-state index is 0.0336. The average Bonchev–Trinajstić information content (AvgIpc) is 3.19. The van der Waals surface area contributed by atoms with Crippen molar-refractivity contribution in [1.29, 1.82) is 0 Å². The van der Waals surface area contributed by atoms with Crippen LogP contribution >= 0.6 is 0 Å². The number of nitrogens with zero attached hydrogens (tertiary/aromatic N) is 2. The Bertz CT molecular complexity index is 1590. The molecule has 29 heavy (non-hydrogen) atoms. The zero-order valence-electron chi connectivity index (χ0n) is 15.6. The van der Waals surface area contributed by atoms with Crippen LogP contribution in [0, 0.1) is 0 Å². The van der Waals surface area contributed by atoms with Gasteiger partial charge in [-0.1, -0.05) is 72.8 Å². The van der Waals surface area contributed by atoms with E-state index < -0.39 is 0 Å². The fourth-order valence-corrected chi connectivity index (χ4v) is 5.25. The van der Waals surface area contributed by atoms with Crippen molar-refractivity contribution in [3.05, 3.63) is 111 Å². The van der Waals surface area contributed by atoms with Crippen LogP contribution in [-0.2, 0) is 0 Å². The SMILES string of the molecule is O=c1c2cccc3cccc(c4n1C1=C5CC=CC=C5c5ccccc5C1N=4)c32. The van der Waals surface area contributed by atoms with Crippen LogP contribution in [-0.4, -0.2) is 4.57 Å². The lowest BCUT2D eigenvalue weighted by atomic mass is 9.79. The molecule has 4 aromatic rings. The highest BCUT2D eigenvalue weighted by Crippen LogP contribution is 2.48. The lowest BCUT2D eigenvalue weighted by Gasteiger charge is -2.29. The van der Waals surface area contributed by atoms with E-state index in [4.69, 9.17) is 4.99 Å². The Hall–Kier alpha value is -3.72. The Morgan fingerprint density at radius 2 is 1.76 bits per heavy atom. The molecule has 3 aromatic carbocycles. The summed E-state index contributed by atoms with van der Waals surface area (Å²) in [5.74, 6) is 0. The fraction of sp³-hybridized carbons (Fsp3) is 0.0769. The summed E-state index contributed by atoms with van der Waals surface area (Å²) in [6.07, 6.45) is 7.27.